The smallest absolute Gasteiger partial charge is 0.274 e. The van der Waals surface area contributed by atoms with Crippen molar-refractivity contribution in [2.75, 3.05) is 0 Å². The van der Waals surface area contributed by atoms with Crippen molar-refractivity contribution in [3.63, 3.8) is 0 Å². The first kappa shape index (κ1) is 8.79. The highest BCUT2D eigenvalue weighted by molar-refractivity contribution is 7.98. The normalized spacial score (nSPS) is 12.3. The minimum atomic E-state index is -0.820. The molecule has 0 radical (unpaired) electrons. The third kappa shape index (κ3) is 2.09. The van der Waals surface area contributed by atoms with Gasteiger partial charge in [0.1, 0.15) is 6.33 Å². The predicted molar refractivity (Wildman–Crippen MR) is 46.2 cm³/mol. The van der Waals surface area contributed by atoms with Crippen LogP contribution in [-0.4, -0.2) is 19.3 Å². The summed E-state index contributed by atoms with van der Waals surface area (Å²) in [7, 11) is 0. The van der Waals surface area contributed by atoms with E-state index in [-0.39, 0.29) is 0 Å². The predicted octanol–water partition coefficient (Wildman–Crippen LogP) is 1.17. The van der Waals surface area contributed by atoms with Crippen LogP contribution in [-0.2, 0) is 0 Å². The van der Waals surface area contributed by atoms with E-state index in [0.29, 0.717) is 0 Å². The summed E-state index contributed by atoms with van der Waals surface area (Å²) >= 11 is 1.04. The Hall–Kier alpha value is -1.30. The Morgan fingerprint density at radius 2 is 2.58 bits per heavy atom. The molecule has 1 aromatic rings. The van der Waals surface area contributed by atoms with Crippen LogP contribution in [0.15, 0.2) is 31.4 Å². The van der Waals surface area contributed by atoms with Gasteiger partial charge in [0.25, 0.3) is 5.37 Å². The van der Waals surface area contributed by atoms with E-state index in [1.54, 1.807) is 16.4 Å². The summed E-state index contributed by atoms with van der Waals surface area (Å²) in [6, 6.07) is 0. The van der Waals surface area contributed by atoms with Crippen LogP contribution in [0.4, 0.5) is 0 Å². The molecule has 0 saturated carbocycles. The Labute approximate surface area is 73.4 Å². The Kier molecular flexibility index (Phi) is 2.87. The van der Waals surface area contributed by atoms with Crippen molar-refractivity contribution in [2.24, 2.45) is 0 Å². The molecule has 12 heavy (non-hydrogen) atoms. The van der Waals surface area contributed by atoms with Gasteiger partial charge in [0.15, 0.2) is 0 Å². The van der Waals surface area contributed by atoms with Gasteiger partial charge in [0, 0.05) is 29.3 Å². The van der Waals surface area contributed by atoms with Crippen molar-refractivity contribution in [1.82, 2.24) is 8.96 Å². The van der Waals surface area contributed by atoms with E-state index < -0.39 is 10.3 Å². The summed E-state index contributed by atoms with van der Waals surface area (Å²) in [5, 5.41) is 9.52. The Balaban J connectivity index is 2.60. The average molecular weight is 185 g/mol. The van der Waals surface area contributed by atoms with Gasteiger partial charge >= 0.3 is 0 Å². The molecule has 64 valence electrons. The number of nitro groups is 1. The van der Waals surface area contributed by atoms with E-state index in [0.717, 1.165) is 11.9 Å². The fourth-order valence-corrected chi connectivity index (χ4v) is 1.25. The highest BCUT2D eigenvalue weighted by Gasteiger charge is 2.16. The van der Waals surface area contributed by atoms with Gasteiger partial charge in [-0.2, -0.15) is 0 Å². The maximum absolute atomic E-state index is 10.3. The third-order valence-corrected chi connectivity index (χ3v) is 2.16. The molecule has 0 bridgehead atoms. The lowest BCUT2D eigenvalue weighted by Gasteiger charge is -2.02. The van der Waals surface area contributed by atoms with Gasteiger partial charge in [-0.25, -0.2) is 4.98 Å². The van der Waals surface area contributed by atoms with E-state index in [1.807, 2.05) is 0 Å². The van der Waals surface area contributed by atoms with Crippen molar-refractivity contribution < 1.29 is 4.92 Å². The number of nitrogens with zero attached hydrogens (tertiary/aromatic N) is 3. The molecule has 0 saturated heterocycles. The molecule has 1 heterocycles. The molecule has 0 aromatic carbocycles. The fraction of sp³-hybridized carbons (Fsp3) is 0.167. The number of hydrogen-bond donors (Lipinski definition) is 0. The van der Waals surface area contributed by atoms with Gasteiger partial charge in [0.2, 0.25) is 0 Å². The van der Waals surface area contributed by atoms with Crippen molar-refractivity contribution >= 4 is 11.9 Å². The van der Waals surface area contributed by atoms with Gasteiger partial charge in [-0.05, 0) is 6.08 Å². The Bertz CT molecular complexity index is 272. The molecule has 0 fully saturated rings. The second-order valence-corrected chi connectivity index (χ2v) is 3.06. The van der Waals surface area contributed by atoms with Crippen LogP contribution < -0.4 is 0 Å². The highest BCUT2D eigenvalue weighted by atomic mass is 32.2. The van der Waals surface area contributed by atoms with Crippen molar-refractivity contribution in [3.8, 4) is 0 Å². The summed E-state index contributed by atoms with van der Waals surface area (Å²) in [6.07, 6.45) is 5.99. The first-order chi connectivity index (χ1) is 5.74. The molecule has 1 aromatic heterocycles. The summed E-state index contributed by atoms with van der Waals surface area (Å²) in [4.78, 5) is 13.7. The molecule has 1 atom stereocenters. The molecule has 5 nitrogen and oxygen atoms in total. The van der Waals surface area contributed by atoms with Crippen molar-refractivity contribution in [1.29, 1.82) is 0 Å². The molecule has 0 aliphatic heterocycles. The average Bonchev–Trinajstić information content (AvgIpc) is 2.51. The summed E-state index contributed by atoms with van der Waals surface area (Å²) in [5.74, 6) is 0. The van der Waals surface area contributed by atoms with Crippen LogP contribution in [0.25, 0.3) is 0 Å². The zero-order valence-corrected chi connectivity index (χ0v) is 6.98. The highest BCUT2D eigenvalue weighted by Crippen LogP contribution is 2.14. The van der Waals surface area contributed by atoms with Crippen molar-refractivity contribution in [3.05, 3.63) is 41.5 Å². The first-order valence-electron chi connectivity index (χ1n) is 3.15. The monoisotopic (exact) mass is 185 g/mol. The molecule has 0 amide bonds. The maximum atomic E-state index is 10.3. The van der Waals surface area contributed by atoms with Gasteiger partial charge in [-0.3, -0.25) is 14.1 Å². The lowest BCUT2D eigenvalue weighted by Crippen LogP contribution is -2.13. The van der Waals surface area contributed by atoms with E-state index in [4.69, 9.17) is 0 Å². The number of rotatable bonds is 4. The van der Waals surface area contributed by atoms with E-state index in [2.05, 4.69) is 11.6 Å². The van der Waals surface area contributed by atoms with Crippen LogP contribution in [0.3, 0.4) is 0 Å². The molecule has 0 aliphatic carbocycles. The quantitative estimate of drug-likeness (QED) is 0.306. The minimum Gasteiger partial charge on any atom is -0.274 e. The van der Waals surface area contributed by atoms with E-state index in [1.165, 1.54) is 12.4 Å². The number of imidazole rings is 1. The van der Waals surface area contributed by atoms with Gasteiger partial charge in [-0.1, -0.05) is 6.58 Å². The number of aromatic nitrogens is 2. The van der Waals surface area contributed by atoms with Crippen LogP contribution in [0.1, 0.15) is 0 Å². The minimum absolute atomic E-state index is 0.405. The standard InChI is InChI=1S/C6H7N3O2S/c1-2-6(9(10)11)12-8-4-3-7-5-8/h2-6H,1H2. The summed E-state index contributed by atoms with van der Waals surface area (Å²) < 4.78 is 1.56. The maximum Gasteiger partial charge on any atom is 0.295 e. The van der Waals surface area contributed by atoms with Crippen LogP contribution >= 0.6 is 11.9 Å². The second kappa shape index (κ2) is 3.91. The zero-order valence-electron chi connectivity index (χ0n) is 6.16. The van der Waals surface area contributed by atoms with Gasteiger partial charge in [-0.15, -0.1) is 0 Å². The molecule has 0 aliphatic rings. The molecular weight excluding hydrogens is 178 g/mol. The first-order valence-corrected chi connectivity index (χ1v) is 3.99. The molecule has 6 heteroatoms. The second-order valence-electron chi connectivity index (χ2n) is 1.94. The molecule has 1 unspecified atom stereocenters. The Morgan fingerprint density at radius 3 is 3.00 bits per heavy atom. The van der Waals surface area contributed by atoms with Crippen LogP contribution in [0, 0.1) is 10.1 Å². The molecule has 1 rings (SSSR count). The Morgan fingerprint density at radius 1 is 1.83 bits per heavy atom. The van der Waals surface area contributed by atoms with Gasteiger partial charge < -0.3 is 0 Å². The molecule has 0 spiro atoms. The largest absolute Gasteiger partial charge is 0.295 e. The van der Waals surface area contributed by atoms with Gasteiger partial charge in [0.05, 0.1) is 0 Å². The van der Waals surface area contributed by atoms with Crippen molar-refractivity contribution in [2.45, 2.75) is 5.37 Å². The zero-order chi connectivity index (χ0) is 8.97. The fourth-order valence-electron chi connectivity index (χ4n) is 0.602. The molecular formula is C6H7N3O2S. The third-order valence-electron chi connectivity index (χ3n) is 1.12. The lowest BCUT2D eigenvalue weighted by atomic mass is 10.6. The van der Waals surface area contributed by atoms with Crippen LogP contribution in [0.5, 0.6) is 0 Å². The van der Waals surface area contributed by atoms with E-state index in [9.17, 15) is 10.1 Å². The van der Waals surface area contributed by atoms with Crippen LogP contribution in [0.2, 0.25) is 0 Å². The summed E-state index contributed by atoms with van der Waals surface area (Å²) in [5.41, 5.74) is 0. The molecule has 0 N–H and O–H groups in total. The number of hydrogen-bond acceptors (Lipinski definition) is 4. The van der Waals surface area contributed by atoms with E-state index >= 15 is 0 Å². The topological polar surface area (TPSA) is 61.0 Å². The SMILES string of the molecule is C=CC(Sn1ccnc1)[N+](=O)[O-]. The summed E-state index contributed by atoms with van der Waals surface area (Å²) in [6.45, 7) is 3.37. The lowest BCUT2D eigenvalue weighted by molar-refractivity contribution is -0.483.